The Morgan fingerprint density at radius 3 is 2.37 bits per heavy atom. The molecule has 1 aromatic heterocycles. The van der Waals surface area contributed by atoms with E-state index in [1.54, 1.807) is 11.9 Å². The lowest BCUT2D eigenvalue weighted by atomic mass is 9.74. The van der Waals surface area contributed by atoms with Gasteiger partial charge in [0, 0.05) is 31.6 Å². The highest BCUT2D eigenvalue weighted by Gasteiger charge is 2.57. The highest BCUT2D eigenvalue weighted by molar-refractivity contribution is 5.95. The molecular formula is C26H24N4O5. The number of carboxylic acid groups (broad SMARTS) is 1. The van der Waals surface area contributed by atoms with Crippen LogP contribution in [0.5, 0.6) is 0 Å². The molecule has 3 unspecified atom stereocenters. The Morgan fingerprint density at radius 2 is 1.74 bits per heavy atom. The summed E-state index contributed by atoms with van der Waals surface area (Å²) in [7, 11) is 1.62. The van der Waals surface area contributed by atoms with Crippen LogP contribution in [0.4, 0.5) is 10.6 Å². The van der Waals surface area contributed by atoms with E-state index in [1.807, 2.05) is 24.3 Å². The number of benzene rings is 2. The molecule has 0 radical (unpaired) electrons. The quantitative estimate of drug-likeness (QED) is 0.589. The summed E-state index contributed by atoms with van der Waals surface area (Å²) in [6, 6.07) is 17.4. The first-order valence-corrected chi connectivity index (χ1v) is 11.6. The lowest BCUT2D eigenvalue weighted by molar-refractivity contribution is -0.147. The van der Waals surface area contributed by atoms with Gasteiger partial charge in [-0.2, -0.15) is 5.10 Å². The number of anilines is 1. The minimum Gasteiger partial charge on any atom is -0.481 e. The zero-order valence-electron chi connectivity index (χ0n) is 19.0. The molecule has 2 aromatic carbocycles. The van der Waals surface area contributed by atoms with Crippen molar-refractivity contribution in [1.82, 2.24) is 14.7 Å². The van der Waals surface area contributed by atoms with Gasteiger partial charge in [0.1, 0.15) is 12.4 Å². The molecule has 4 aliphatic rings. The normalized spacial score (nSPS) is 21.7. The number of ether oxygens (including phenoxy) is 1. The van der Waals surface area contributed by atoms with E-state index in [9.17, 15) is 19.5 Å². The van der Waals surface area contributed by atoms with Gasteiger partial charge >= 0.3 is 12.1 Å². The molecule has 2 amide bonds. The number of carboxylic acids is 1. The second kappa shape index (κ2) is 7.97. The minimum absolute atomic E-state index is 0.00332. The lowest BCUT2D eigenvalue weighted by Gasteiger charge is -2.32. The van der Waals surface area contributed by atoms with E-state index in [0.717, 1.165) is 22.3 Å². The average Bonchev–Trinajstić information content (AvgIpc) is 3.58. The van der Waals surface area contributed by atoms with Gasteiger partial charge in [0.25, 0.3) is 5.91 Å². The number of hydrogen-bond acceptors (Lipinski definition) is 5. The largest absolute Gasteiger partial charge is 0.481 e. The molecule has 2 aliphatic carbocycles. The number of rotatable bonds is 5. The zero-order chi connectivity index (χ0) is 24.3. The molecular weight excluding hydrogens is 448 g/mol. The maximum Gasteiger partial charge on any atom is 0.412 e. The van der Waals surface area contributed by atoms with Crippen LogP contribution in [0.25, 0.3) is 11.1 Å². The Hall–Kier alpha value is -4.14. The number of carbonyl (C=O) groups is 3. The van der Waals surface area contributed by atoms with Crippen molar-refractivity contribution in [2.75, 3.05) is 18.5 Å². The Morgan fingerprint density at radius 1 is 1.09 bits per heavy atom. The predicted octanol–water partition coefficient (Wildman–Crippen LogP) is 3.33. The van der Waals surface area contributed by atoms with Crippen molar-refractivity contribution in [2.24, 2.45) is 18.9 Å². The number of aromatic nitrogens is 2. The van der Waals surface area contributed by atoms with Crippen molar-refractivity contribution in [3.05, 3.63) is 71.4 Å². The van der Waals surface area contributed by atoms with Gasteiger partial charge in [-0.1, -0.05) is 48.5 Å². The summed E-state index contributed by atoms with van der Waals surface area (Å²) in [5, 5.41) is 16.3. The fourth-order valence-electron chi connectivity index (χ4n) is 5.79. The number of aryl methyl sites for hydroxylation is 1. The summed E-state index contributed by atoms with van der Waals surface area (Å²) in [4.78, 5) is 38.6. The molecule has 7 rings (SSSR count). The number of fused-ring (bicyclic) bond motifs is 4. The van der Waals surface area contributed by atoms with Crippen molar-refractivity contribution < 1.29 is 24.2 Å². The summed E-state index contributed by atoms with van der Waals surface area (Å²) < 4.78 is 6.99. The fraction of sp³-hybridized carbons (Fsp3) is 0.308. The minimum atomic E-state index is -0.861. The number of nitrogens with zero attached hydrogens (tertiary/aromatic N) is 3. The van der Waals surface area contributed by atoms with Crippen LogP contribution in [0.2, 0.25) is 0 Å². The fourth-order valence-corrected chi connectivity index (χ4v) is 5.79. The van der Waals surface area contributed by atoms with E-state index < -0.39 is 18.0 Å². The average molecular weight is 473 g/mol. The Balaban J connectivity index is 1.12. The molecule has 1 saturated carbocycles. The first kappa shape index (κ1) is 21.4. The van der Waals surface area contributed by atoms with E-state index in [1.165, 1.54) is 10.7 Å². The van der Waals surface area contributed by atoms with Crippen LogP contribution in [0, 0.1) is 11.8 Å². The predicted molar refractivity (Wildman–Crippen MR) is 126 cm³/mol. The van der Waals surface area contributed by atoms with Crippen molar-refractivity contribution in [3.8, 4) is 11.1 Å². The molecule has 9 heteroatoms. The molecule has 2 aliphatic heterocycles. The van der Waals surface area contributed by atoms with Crippen LogP contribution in [0.1, 0.15) is 34.0 Å². The van der Waals surface area contributed by atoms with Crippen molar-refractivity contribution in [1.29, 1.82) is 0 Å². The maximum atomic E-state index is 13.0. The Labute approximate surface area is 201 Å². The molecule has 2 N–H and O–H groups in total. The third kappa shape index (κ3) is 3.38. The van der Waals surface area contributed by atoms with Gasteiger partial charge in [-0.05, 0) is 34.6 Å². The van der Waals surface area contributed by atoms with Crippen LogP contribution in [-0.4, -0.2) is 57.0 Å². The second-order valence-electron chi connectivity index (χ2n) is 9.37. The van der Waals surface area contributed by atoms with Gasteiger partial charge in [-0.15, -0.1) is 0 Å². The first-order valence-electron chi connectivity index (χ1n) is 11.6. The third-order valence-electron chi connectivity index (χ3n) is 7.52. The van der Waals surface area contributed by atoms with Crippen LogP contribution >= 0.6 is 0 Å². The monoisotopic (exact) mass is 472 g/mol. The standard InChI is InChI=1S/C26H24N4O5/c1-29-22(11-20(28-29)24(31)30-12-14-10-21(30)23(14)25(32)33)27-26(34)35-13-19-17-8-4-2-6-15(17)16-7-3-5-9-18(16)19/h2-9,11,14,19,21,23H,10,12-13H2,1H3,(H,27,34)(H,32,33). The number of hydrogen-bond donors (Lipinski definition) is 2. The summed E-state index contributed by atoms with van der Waals surface area (Å²) in [6.45, 7) is 0.600. The molecule has 2 bridgehead atoms. The molecule has 2 saturated heterocycles. The molecule has 3 fully saturated rings. The summed E-state index contributed by atoms with van der Waals surface area (Å²) >= 11 is 0. The van der Waals surface area contributed by atoms with E-state index in [0.29, 0.717) is 18.8 Å². The van der Waals surface area contributed by atoms with E-state index in [-0.39, 0.29) is 36.1 Å². The molecule has 0 spiro atoms. The molecule has 9 nitrogen and oxygen atoms in total. The molecule has 3 aromatic rings. The zero-order valence-corrected chi connectivity index (χ0v) is 19.0. The van der Waals surface area contributed by atoms with Crippen LogP contribution in [0.15, 0.2) is 54.6 Å². The van der Waals surface area contributed by atoms with Gasteiger partial charge in [0.05, 0.1) is 5.92 Å². The lowest BCUT2D eigenvalue weighted by Crippen LogP contribution is -2.45. The van der Waals surface area contributed by atoms with E-state index >= 15 is 0 Å². The molecule has 178 valence electrons. The highest BCUT2D eigenvalue weighted by Crippen LogP contribution is 2.47. The number of aliphatic carboxylic acids is 1. The summed E-state index contributed by atoms with van der Waals surface area (Å²) in [6.07, 6.45) is 0.0728. The van der Waals surface area contributed by atoms with Gasteiger partial charge in [0.15, 0.2) is 5.69 Å². The van der Waals surface area contributed by atoms with E-state index in [4.69, 9.17) is 4.74 Å². The van der Waals surface area contributed by atoms with Crippen LogP contribution in [-0.2, 0) is 16.6 Å². The van der Waals surface area contributed by atoms with Gasteiger partial charge in [-0.25, -0.2) is 4.79 Å². The number of carbonyl (C=O) groups excluding carboxylic acids is 2. The van der Waals surface area contributed by atoms with Crippen molar-refractivity contribution >= 4 is 23.8 Å². The topological polar surface area (TPSA) is 114 Å². The van der Waals surface area contributed by atoms with Gasteiger partial charge < -0.3 is 14.7 Å². The number of nitrogens with one attached hydrogen (secondary N) is 1. The molecule has 35 heavy (non-hydrogen) atoms. The van der Waals surface area contributed by atoms with Gasteiger partial charge in [-0.3, -0.25) is 19.6 Å². The summed E-state index contributed by atoms with van der Waals surface area (Å²) in [5.41, 5.74) is 4.71. The maximum absolute atomic E-state index is 13.0. The molecule has 3 heterocycles. The van der Waals surface area contributed by atoms with Crippen molar-refractivity contribution in [3.63, 3.8) is 0 Å². The Kier molecular flexibility index (Phi) is 4.87. The van der Waals surface area contributed by atoms with Crippen LogP contribution in [0.3, 0.4) is 0 Å². The first-order chi connectivity index (χ1) is 16.9. The second-order valence-corrected chi connectivity index (χ2v) is 9.37. The van der Waals surface area contributed by atoms with Gasteiger partial charge in [0.2, 0.25) is 0 Å². The molecule has 3 atom stereocenters. The van der Waals surface area contributed by atoms with Crippen molar-refractivity contribution in [2.45, 2.75) is 18.4 Å². The Bertz CT molecular complexity index is 1320. The SMILES string of the molecule is Cn1nc(C(=O)N2CC3CC2C3C(=O)O)cc1NC(=O)OCC1c2ccccc2-c2ccccc21. The smallest absolute Gasteiger partial charge is 0.412 e. The highest BCUT2D eigenvalue weighted by atomic mass is 16.5. The third-order valence-corrected chi connectivity index (χ3v) is 7.52. The summed E-state index contributed by atoms with van der Waals surface area (Å²) in [5.74, 6) is -1.41. The number of amides is 2. The van der Waals surface area contributed by atoms with E-state index in [2.05, 4.69) is 34.7 Å². The van der Waals surface area contributed by atoms with Crippen LogP contribution < -0.4 is 5.32 Å².